The molecule has 2 heterocycles. The van der Waals surface area contributed by atoms with Crippen LogP contribution in [0.4, 0.5) is 13.2 Å². The van der Waals surface area contributed by atoms with E-state index in [9.17, 15) is 23.1 Å². The molecular formula is C10H10BrF3N4O2. The summed E-state index contributed by atoms with van der Waals surface area (Å²) < 4.78 is 40.5. The van der Waals surface area contributed by atoms with E-state index in [-0.39, 0.29) is 20.9 Å². The maximum absolute atomic E-state index is 13.0. The molecule has 1 aliphatic heterocycles. The lowest BCUT2D eigenvalue weighted by atomic mass is 10.1. The Morgan fingerprint density at radius 3 is 2.60 bits per heavy atom. The number of alkyl halides is 3. The van der Waals surface area contributed by atoms with Gasteiger partial charge in [-0.2, -0.15) is 28.4 Å². The minimum atomic E-state index is -5.02. The molecule has 0 saturated carbocycles. The summed E-state index contributed by atoms with van der Waals surface area (Å²) in [6.45, 7) is 1.30. The highest BCUT2D eigenvalue weighted by Gasteiger charge is 2.63. The number of carbonyl (C=O) groups excluding carboxylic acids is 1. The summed E-state index contributed by atoms with van der Waals surface area (Å²) in [5.74, 6) is -1.13. The Morgan fingerprint density at radius 2 is 2.15 bits per heavy atom. The zero-order valence-corrected chi connectivity index (χ0v) is 12.0. The number of halogens is 4. The maximum Gasteiger partial charge on any atom is 0.438 e. The molecule has 1 atom stereocenters. The fraction of sp³-hybridized carbons (Fsp3) is 0.500. The van der Waals surface area contributed by atoms with Crippen molar-refractivity contribution in [2.45, 2.75) is 25.2 Å². The number of rotatable bonds is 1. The van der Waals surface area contributed by atoms with Crippen molar-refractivity contribution in [2.24, 2.45) is 12.1 Å². The molecule has 10 heteroatoms. The molecule has 1 aromatic rings. The Hall–Kier alpha value is -1.42. The van der Waals surface area contributed by atoms with Crippen LogP contribution in [-0.4, -0.2) is 43.4 Å². The Bertz CT molecular complexity index is 598. The molecule has 0 fully saturated rings. The number of amides is 1. The van der Waals surface area contributed by atoms with Gasteiger partial charge in [0.2, 0.25) is 0 Å². The van der Waals surface area contributed by atoms with E-state index in [0.29, 0.717) is 0 Å². The van der Waals surface area contributed by atoms with Crippen molar-refractivity contribution < 1.29 is 23.1 Å². The molecule has 6 nitrogen and oxygen atoms in total. The summed E-state index contributed by atoms with van der Waals surface area (Å²) in [5, 5.41) is 17.1. The predicted octanol–water partition coefficient (Wildman–Crippen LogP) is 1.66. The van der Waals surface area contributed by atoms with Gasteiger partial charge in [0.25, 0.3) is 11.6 Å². The standard InChI is InChI=1S/C10H10BrF3N4O2/c1-5-3-9(20,10(12,13)14)18(15-5)8(19)7-6(11)4-17(2)16-7/h4,20H,3H2,1-2H3/t9-/m0/s1. The molecule has 0 bridgehead atoms. The zero-order valence-electron chi connectivity index (χ0n) is 10.4. The number of aliphatic hydroxyl groups is 1. The number of hydrogen-bond donors (Lipinski definition) is 1. The van der Waals surface area contributed by atoms with Crippen molar-refractivity contribution in [3.8, 4) is 0 Å². The van der Waals surface area contributed by atoms with E-state index in [1.807, 2.05) is 0 Å². The fourth-order valence-corrected chi connectivity index (χ4v) is 2.40. The molecule has 0 spiro atoms. The molecule has 0 radical (unpaired) electrons. The second-order valence-electron chi connectivity index (χ2n) is 4.44. The number of hydrogen-bond acceptors (Lipinski definition) is 4. The lowest BCUT2D eigenvalue weighted by Crippen LogP contribution is -2.56. The zero-order chi connectivity index (χ0) is 15.3. The van der Waals surface area contributed by atoms with Crippen molar-refractivity contribution in [1.82, 2.24) is 14.8 Å². The number of hydrazone groups is 1. The van der Waals surface area contributed by atoms with E-state index in [4.69, 9.17) is 0 Å². The van der Waals surface area contributed by atoms with Crippen molar-refractivity contribution in [3.63, 3.8) is 0 Å². The number of nitrogens with zero attached hydrogens (tertiary/aromatic N) is 4. The Morgan fingerprint density at radius 1 is 1.55 bits per heavy atom. The molecule has 1 N–H and O–H groups in total. The highest BCUT2D eigenvalue weighted by Crippen LogP contribution is 2.41. The van der Waals surface area contributed by atoms with Crippen molar-refractivity contribution >= 4 is 27.5 Å². The van der Waals surface area contributed by atoms with Crippen LogP contribution in [-0.2, 0) is 7.05 Å². The lowest BCUT2D eigenvalue weighted by Gasteiger charge is -2.32. The molecule has 0 aliphatic carbocycles. The van der Waals surface area contributed by atoms with Crippen molar-refractivity contribution in [2.75, 3.05) is 0 Å². The topological polar surface area (TPSA) is 70.7 Å². The molecule has 0 saturated heterocycles. The summed E-state index contributed by atoms with van der Waals surface area (Å²) in [6, 6.07) is 0. The quantitative estimate of drug-likeness (QED) is 0.833. The fourth-order valence-electron chi connectivity index (χ4n) is 1.86. The molecule has 0 aromatic carbocycles. The maximum atomic E-state index is 13.0. The third-order valence-corrected chi connectivity index (χ3v) is 3.34. The largest absolute Gasteiger partial charge is 0.438 e. The average Bonchev–Trinajstić information content (AvgIpc) is 2.77. The Kier molecular flexibility index (Phi) is 3.41. The molecular weight excluding hydrogens is 345 g/mol. The van der Waals surface area contributed by atoms with Gasteiger partial charge in [0.1, 0.15) is 0 Å². The summed E-state index contributed by atoms with van der Waals surface area (Å²) in [7, 11) is 1.51. The normalized spacial score (nSPS) is 23.1. The second-order valence-corrected chi connectivity index (χ2v) is 5.30. The van der Waals surface area contributed by atoms with E-state index in [2.05, 4.69) is 26.1 Å². The van der Waals surface area contributed by atoms with Gasteiger partial charge in [0.05, 0.1) is 4.47 Å². The highest BCUT2D eigenvalue weighted by molar-refractivity contribution is 9.10. The minimum Gasteiger partial charge on any atom is -0.362 e. The first kappa shape index (κ1) is 15.0. The first-order chi connectivity index (χ1) is 9.06. The van der Waals surface area contributed by atoms with Crippen LogP contribution in [0.1, 0.15) is 23.8 Å². The third kappa shape index (κ3) is 2.22. The molecule has 1 aromatic heterocycles. The van der Waals surface area contributed by atoms with Gasteiger partial charge in [0, 0.05) is 25.4 Å². The molecule has 0 unspecified atom stereocenters. The van der Waals surface area contributed by atoms with Crippen LogP contribution < -0.4 is 0 Å². The van der Waals surface area contributed by atoms with Gasteiger partial charge in [0.15, 0.2) is 5.69 Å². The SMILES string of the molecule is CC1=NN(C(=O)c2nn(C)cc2Br)[C@@](O)(C(F)(F)F)C1. The van der Waals surface area contributed by atoms with Gasteiger partial charge in [-0.15, -0.1) is 0 Å². The first-order valence-electron chi connectivity index (χ1n) is 5.43. The summed E-state index contributed by atoms with van der Waals surface area (Å²) in [6.07, 6.45) is -4.40. The Labute approximate surface area is 120 Å². The predicted molar refractivity (Wildman–Crippen MR) is 65.8 cm³/mol. The van der Waals surface area contributed by atoms with Crippen LogP contribution in [0.5, 0.6) is 0 Å². The van der Waals surface area contributed by atoms with Crippen LogP contribution in [0.15, 0.2) is 15.8 Å². The van der Waals surface area contributed by atoms with E-state index < -0.39 is 24.2 Å². The van der Waals surface area contributed by atoms with E-state index >= 15 is 0 Å². The van der Waals surface area contributed by atoms with Crippen LogP contribution in [0.25, 0.3) is 0 Å². The van der Waals surface area contributed by atoms with Crippen molar-refractivity contribution in [3.05, 3.63) is 16.4 Å². The van der Waals surface area contributed by atoms with Crippen LogP contribution in [0.3, 0.4) is 0 Å². The molecule has 1 amide bonds. The second kappa shape index (κ2) is 4.55. The smallest absolute Gasteiger partial charge is 0.362 e. The van der Waals surface area contributed by atoms with Crippen molar-refractivity contribution in [1.29, 1.82) is 0 Å². The lowest BCUT2D eigenvalue weighted by molar-refractivity contribution is -0.297. The van der Waals surface area contributed by atoms with Gasteiger partial charge in [-0.05, 0) is 22.9 Å². The highest BCUT2D eigenvalue weighted by atomic mass is 79.9. The number of aromatic nitrogens is 2. The average molecular weight is 355 g/mol. The number of carbonyl (C=O) groups is 1. The minimum absolute atomic E-state index is 0.00484. The van der Waals surface area contributed by atoms with Gasteiger partial charge < -0.3 is 5.11 Å². The van der Waals surface area contributed by atoms with Gasteiger partial charge in [-0.25, -0.2) is 0 Å². The van der Waals surface area contributed by atoms with E-state index in [1.165, 1.54) is 24.9 Å². The Balaban J connectivity index is 2.44. The van der Waals surface area contributed by atoms with Crippen LogP contribution >= 0.6 is 15.9 Å². The van der Waals surface area contributed by atoms with Gasteiger partial charge in [-0.1, -0.05) is 0 Å². The summed E-state index contributed by atoms with van der Waals surface area (Å²) in [5.41, 5.74) is -3.59. The van der Waals surface area contributed by atoms with E-state index in [0.717, 1.165) is 0 Å². The summed E-state index contributed by atoms with van der Waals surface area (Å²) in [4.78, 5) is 12.1. The van der Waals surface area contributed by atoms with Gasteiger partial charge in [-0.3, -0.25) is 9.48 Å². The van der Waals surface area contributed by atoms with Gasteiger partial charge >= 0.3 is 6.18 Å². The molecule has 1 aliphatic rings. The number of aryl methyl sites for hydroxylation is 1. The van der Waals surface area contributed by atoms with Crippen LogP contribution in [0.2, 0.25) is 0 Å². The molecule has 2 rings (SSSR count). The monoisotopic (exact) mass is 354 g/mol. The summed E-state index contributed by atoms with van der Waals surface area (Å²) >= 11 is 3.03. The first-order valence-corrected chi connectivity index (χ1v) is 6.22. The third-order valence-electron chi connectivity index (χ3n) is 2.76. The molecule has 110 valence electrons. The molecule has 20 heavy (non-hydrogen) atoms. The van der Waals surface area contributed by atoms with Crippen LogP contribution in [0, 0.1) is 0 Å². The van der Waals surface area contributed by atoms with E-state index in [1.54, 1.807) is 0 Å².